The van der Waals surface area contributed by atoms with Crippen molar-refractivity contribution in [2.24, 2.45) is 0 Å². The molecule has 2 nitrogen and oxygen atoms in total. The summed E-state index contributed by atoms with van der Waals surface area (Å²) in [6.45, 7) is 12.3. The molecule has 2 aromatic carbocycles. The lowest BCUT2D eigenvalue weighted by atomic mass is 9.99. The standard InChI is InChI=1S/C26H37NO/c1-6-7-8-9-10-11-16-27-23-14-12-21(19(2)3)17-25(23)28-26-18-22(20(4)5)13-15-24(26)27/h12-15,17-20H,6-11,16H2,1-5H3. The first-order valence-electron chi connectivity index (χ1n) is 11.2. The van der Waals surface area contributed by atoms with Gasteiger partial charge in [0.05, 0.1) is 11.4 Å². The van der Waals surface area contributed by atoms with Gasteiger partial charge in [0.15, 0.2) is 11.5 Å². The highest BCUT2D eigenvalue weighted by Crippen LogP contribution is 2.48. The van der Waals surface area contributed by atoms with E-state index in [1.807, 2.05) is 0 Å². The number of fused-ring (bicyclic) bond motifs is 2. The minimum atomic E-state index is 0.504. The Morgan fingerprint density at radius 1 is 0.714 bits per heavy atom. The third kappa shape index (κ3) is 4.71. The highest BCUT2D eigenvalue weighted by Gasteiger charge is 2.25. The molecule has 0 aromatic heterocycles. The van der Waals surface area contributed by atoms with E-state index in [0.717, 1.165) is 18.0 Å². The molecule has 0 fully saturated rings. The van der Waals surface area contributed by atoms with Gasteiger partial charge in [-0.15, -0.1) is 0 Å². The van der Waals surface area contributed by atoms with Crippen LogP contribution in [0.3, 0.4) is 0 Å². The fourth-order valence-electron chi connectivity index (χ4n) is 3.93. The van der Waals surface area contributed by atoms with Crippen molar-refractivity contribution in [2.75, 3.05) is 11.4 Å². The zero-order chi connectivity index (χ0) is 20.1. The number of ether oxygens (including phenoxy) is 1. The quantitative estimate of drug-likeness (QED) is 0.405. The van der Waals surface area contributed by atoms with Gasteiger partial charge in [-0.25, -0.2) is 0 Å². The summed E-state index contributed by atoms with van der Waals surface area (Å²) in [4.78, 5) is 2.47. The van der Waals surface area contributed by atoms with Crippen molar-refractivity contribution >= 4 is 11.4 Å². The molecule has 2 aromatic rings. The molecular weight excluding hydrogens is 342 g/mol. The Balaban J connectivity index is 1.85. The Labute approximate surface area is 171 Å². The van der Waals surface area contributed by atoms with Gasteiger partial charge in [-0.2, -0.15) is 0 Å². The van der Waals surface area contributed by atoms with Crippen LogP contribution in [0.1, 0.15) is 96.1 Å². The van der Waals surface area contributed by atoms with Gasteiger partial charge in [0, 0.05) is 6.54 Å². The second-order valence-corrected chi connectivity index (χ2v) is 8.79. The van der Waals surface area contributed by atoms with Crippen LogP contribution in [0.4, 0.5) is 11.4 Å². The van der Waals surface area contributed by atoms with E-state index in [0.29, 0.717) is 11.8 Å². The van der Waals surface area contributed by atoms with Crippen LogP contribution in [-0.4, -0.2) is 6.54 Å². The van der Waals surface area contributed by atoms with Gasteiger partial charge in [-0.05, 0) is 53.6 Å². The third-order valence-electron chi connectivity index (χ3n) is 5.84. The zero-order valence-corrected chi connectivity index (χ0v) is 18.4. The average Bonchev–Trinajstić information content (AvgIpc) is 2.68. The van der Waals surface area contributed by atoms with E-state index in [4.69, 9.17) is 4.74 Å². The van der Waals surface area contributed by atoms with Gasteiger partial charge in [0.25, 0.3) is 0 Å². The van der Waals surface area contributed by atoms with Crippen LogP contribution in [0.25, 0.3) is 0 Å². The van der Waals surface area contributed by atoms with E-state index in [1.165, 1.54) is 61.0 Å². The van der Waals surface area contributed by atoms with Gasteiger partial charge >= 0.3 is 0 Å². The Kier molecular flexibility index (Phi) is 7.04. The fourth-order valence-corrected chi connectivity index (χ4v) is 3.93. The van der Waals surface area contributed by atoms with Crippen LogP contribution in [-0.2, 0) is 0 Å². The predicted octanol–water partition coefficient (Wildman–Crippen LogP) is 8.54. The van der Waals surface area contributed by atoms with Gasteiger partial charge in [-0.3, -0.25) is 0 Å². The predicted molar refractivity (Wildman–Crippen MR) is 122 cm³/mol. The summed E-state index contributed by atoms with van der Waals surface area (Å²) in [6, 6.07) is 13.5. The Morgan fingerprint density at radius 3 is 1.71 bits per heavy atom. The first-order chi connectivity index (χ1) is 13.5. The number of benzene rings is 2. The SMILES string of the molecule is CCCCCCCCN1c2ccc(C(C)C)cc2Oc2cc(C(C)C)ccc21. The second kappa shape index (κ2) is 9.49. The first kappa shape index (κ1) is 20.8. The maximum Gasteiger partial charge on any atom is 0.151 e. The molecule has 1 aliphatic heterocycles. The van der Waals surface area contributed by atoms with Crippen molar-refractivity contribution in [1.29, 1.82) is 0 Å². The lowest BCUT2D eigenvalue weighted by molar-refractivity contribution is 0.469. The van der Waals surface area contributed by atoms with Crippen molar-refractivity contribution in [3.8, 4) is 11.5 Å². The number of rotatable bonds is 9. The molecule has 0 saturated carbocycles. The summed E-state index contributed by atoms with van der Waals surface area (Å²) in [5.41, 5.74) is 5.09. The van der Waals surface area contributed by atoms with Crippen LogP contribution in [0.2, 0.25) is 0 Å². The average molecular weight is 380 g/mol. The largest absolute Gasteiger partial charge is 0.453 e. The van der Waals surface area contributed by atoms with Crippen LogP contribution in [0.15, 0.2) is 36.4 Å². The lowest BCUT2D eigenvalue weighted by Crippen LogP contribution is -2.22. The molecule has 1 aliphatic rings. The molecule has 0 radical (unpaired) electrons. The molecule has 1 heterocycles. The number of unbranched alkanes of at least 4 members (excludes halogenated alkanes) is 5. The van der Waals surface area contributed by atoms with Crippen molar-refractivity contribution in [1.82, 2.24) is 0 Å². The summed E-state index contributed by atoms with van der Waals surface area (Å²) in [7, 11) is 0. The Hall–Kier alpha value is -1.96. The molecule has 2 heteroatoms. The van der Waals surface area contributed by atoms with Gasteiger partial charge in [0.1, 0.15) is 0 Å². The van der Waals surface area contributed by atoms with Gasteiger partial charge in [0.2, 0.25) is 0 Å². The van der Waals surface area contributed by atoms with Crippen molar-refractivity contribution in [3.63, 3.8) is 0 Å². The lowest BCUT2D eigenvalue weighted by Gasteiger charge is -2.34. The molecule has 3 rings (SSSR count). The molecule has 0 unspecified atom stereocenters. The third-order valence-corrected chi connectivity index (χ3v) is 5.84. The summed E-state index contributed by atoms with van der Waals surface area (Å²) in [6.07, 6.45) is 7.90. The number of hydrogen-bond donors (Lipinski definition) is 0. The van der Waals surface area contributed by atoms with E-state index >= 15 is 0 Å². The van der Waals surface area contributed by atoms with Crippen LogP contribution in [0.5, 0.6) is 11.5 Å². The van der Waals surface area contributed by atoms with Crippen molar-refractivity contribution < 1.29 is 4.74 Å². The fraction of sp³-hybridized carbons (Fsp3) is 0.538. The highest BCUT2D eigenvalue weighted by atomic mass is 16.5. The van der Waals surface area contributed by atoms with E-state index in [2.05, 4.69) is 75.9 Å². The smallest absolute Gasteiger partial charge is 0.151 e. The molecule has 152 valence electrons. The van der Waals surface area contributed by atoms with Crippen molar-refractivity contribution in [2.45, 2.75) is 85.0 Å². The second-order valence-electron chi connectivity index (χ2n) is 8.79. The molecule has 28 heavy (non-hydrogen) atoms. The highest BCUT2D eigenvalue weighted by molar-refractivity contribution is 5.78. The molecule has 0 spiro atoms. The molecule has 0 saturated heterocycles. The minimum absolute atomic E-state index is 0.504. The maximum atomic E-state index is 6.41. The van der Waals surface area contributed by atoms with Crippen LogP contribution in [0, 0.1) is 0 Å². The normalized spacial score (nSPS) is 12.9. The maximum absolute atomic E-state index is 6.41. The van der Waals surface area contributed by atoms with E-state index < -0.39 is 0 Å². The summed E-state index contributed by atoms with van der Waals surface area (Å²) in [5, 5.41) is 0. The molecule has 0 N–H and O–H groups in total. The first-order valence-corrected chi connectivity index (χ1v) is 11.2. The van der Waals surface area contributed by atoms with Crippen LogP contribution >= 0.6 is 0 Å². The number of nitrogens with zero attached hydrogens (tertiary/aromatic N) is 1. The van der Waals surface area contributed by atoms with Crippen molar-refractivity contribution in [3.05, 3.63) is 47.5 Å². The molecule has 0 aliphatic carbocycles. The molecule has 0 amide bonds. The summed E-state index contributed by atoms with van der Waals surface area (Å²) in [5.74, 6) is 3.02. The van der Waals surface area contributed by atoms with Gasteiger partial charge < -0.3 is 9.64 Å². The Morgan fingerprint density at radius 2 is 1.21 bits per heavy atom. The topological polar surface area (TPSA) is 12.5 Å². The molecular formula is C26H37NO. The van der Waals surface area contributed by atoms with E-state index in [1.54, 1.807) is 0 Å². The minimum Gasteiger partial charge on any atom is -0.453 e. The van der Waals surface area contributed by atoms with E-state index in [9.17, 15) is 0 Å². The molecule has 0 atom stereocenters. The Bertz CT molecular complexity index is 720. The monoisotopic (exact) mass is 379 g/mol. The molecule has 0 bridgehead atoms. The van der Waals surface area contributed by atoms with Crippen LogP contribution < -0.4 is 9.64 Å². The number of hydrogen-bond acceptors (Lipinski definition) is 2. The zero-order valence-electron chi connectivity index (χ0n) is 18.4. The van der Waals surface area contributed by atoms with Gasteiger partial charge in [-0.1, -0.05) is 78.9 Å². The number of anilines is 2. The summed E-state index contributed by atoms with van der Waals surface area (Å²) >= 11 is 0. The summed E-state index contributed by atoms with van der Waals surface area (Å²) < 4.78 is 6.41. The van der Waals surface area contributed by atoms with E-state index in [-0.39, 0.29) is 0 Å².